The Hall–Kier alpha value is -2.45. The molecule has 0 fully saturated rings. The maximum atomic E-state index is 14.2. The molecule has 0 N–H and O–H groups in total. The first-order valence-corrected chi connectivity index (χ1v) is 6.38. The lowest BCUT2D eigenvalue weighted by molar-refractivity contribution is -0.385. The summed E-state index contributed by atoms with van der Waals surface area (Å²) in [7, 11) is 0. The van der Waals surface area contributed by atoms with Gasteiger partial charge in [0.15, 0.2) is 0 Å². The highest BCUT2D eigenvalue weighted by Gasteiger charge is 2.32. The molecule has 0 saturated carbocycles. The molecule has 4 nitrogen and oxygen atoms in total. The van der Waals surface area contributed by atoms with Crippen molar-refractivity contribution in [3.05, 3.63) is 74.5 Å². The zero-order valence-electron chi connectivity index (χ0n) is 11.0. The number of hydrogen-bond acceptors (Lipinski definition) is 3. The van der Waals surface area contributed by atoms with Gasteiger partial charge in [-0.1, -0.05) is 23.7 Å². The van der Waals surface area contributed by atoms with Gasteiger partial charge >= 0.3 is 0 Å². The Kier molecular flexibility index (Phi) is 3.92. The molecule has 0 aliphatic rings. The number of non-ortho nitro benzene ring substituents is 1. The van der Waals surface area contributed by atoms with Gasteiger partial charge in [0, 0.05) is 16.7 Å². The zero-order chi connectivity index (χ0) is 15.6. The van der Waals surface area contributed by atoms with Gasteiger partial charge in [0.1, 0.15) is 11.2 Å². The Morgan fingerprint density at radius 1 is 1.29 bits per heavy atom. The number of nitrogens with zero attached hydrogens (tertiary/aromatic N) is 2. The molecule has 2 rings (SSSR count). The molecule has 1 unspecified atom stereocenters. The zero-order valence-corrected chi connectivity index (χ0v) is 11.8. The normalized spacial score (nSPS) is 13.2. The highest BCUT2D eigenvalue weighted by Crippen LogP contribution is 2.34. The van der Waals surface area contributed by atoms with Crippen molar-refractivity contribution in [3.8, 4) is 6.07 Å². The number of hydrogen-bond donors (Lipinski definition) is 0. The summed E-state index contributed by atoms with van der Waals surface area (Å²) in [5.74, 6) is -0.789. The third kappa shape index (κ3) is 2.71. The van der Waals surface area contributed by atoms with Gasteiger partial charge in [-0.15, -0.1) is 0 Å². The molecule has 0 aliphatic carbocycles. The van der Waals surface area contributed by atoms with E-state index in [2.05, 4.69) is 6.07 Å². The van der Waals surface area contributed by atoms with E-state index in [1.54, 1.807) is 31.2 Å². The molecular formula is C15H10ClFN2O2. The lowest BCUT2D eigenvalue weighted by atomic mass is 9.77. The Balaban J connectivity index is 2.58. The third-order valence-electron chi connectivity index (χ3n) is 3.35. The smallest absolute Gasteiger partial charge is 0.258 e. The molecule has 2 aromatic rings. The number of rotatable bonds is 3. The summed E-state index contributed by atoms with van der Waals surface area (Å²) in [6, 6.07) is 11.8. The van der Waals surface area contributed by atoms with Crippen molar-refractivity contribution in [1.29, 1.82) is 5.26 Å². The van der Waals surface area contributed by atoms with Crippen molar-refractivity contribution >= 4 is 17.3 Å². The number of nitriles is 1. The fraction of sp³-hybridized carbons (Fsp3) is 0.133. The van der Waals surface area contributed by atoms with Crippen molar-refractivity contribution in [3.63, 3.8) is 0 Å². The van der Waals surface area contributed by atoms with Gasteiger partial charge in [-0.2, -0.15) is 5.26 Å². The van der Waals surface area contributed by atoms with Crippen LogP contribution in [-0.4, -0.2) is 4.92 Å². The molecule has 6 heteroatoms. The van der Waals surface area contributed by atoms with E-state index in [9.17, 15) is 19.8 Å². The molecule has 0 aliphatic heterocycles. The minimum Gasteiger partial charge on any atom is -0.258 e. The van der Waals surface area contributed by atoms with E-state index in [0.717, 1.165) is 6.07 Å². The lowest BCUT2D eigenvalue weighted by Crippen LogP contribution is -2.22. The van der Waals surface area contributed by atoms with Crippen LogP contribution < -0.4 is 0 Å². The molecule has 2 aromatic carbocycles. The highest BCUT2D eigenvalue weighted by atomic mass is 35.5. The Morgan fingerprint density at radius 3 is 2.38 bits per heavy atom. The van der Waals surface area contributed by atoms with Crippen LogP contribution in [0.25, 0.3) is 0 Å². The van der Waals surface area contributed by atoms with Crippen LogP contribution >= 0.6 is 11.6 Å². The lowest BCUT2D eigenvalue weighted by Gasteiger charge is -2.23. The molecule has 0 spiro atoms. The molecule has 0 saturated heterocycles. The largest absolute Gasteiger partial charge is 0.272 e. The highest BCUT2D eigenvalue weighted by molar-refractivity contribution is 6.30. The maximum Gasteiger partial charge on any atom is 0.272 e. The van der Waals surface area contributed by atoms with Crippen molar-refractivity contribution < 1.29 is 9.31 Å². The van der Waals surface area contributed by atoms with Crippen LogP contribution in [0.5, 0.6) is 0 Å². The third-order valence-corrected chi connectivity index (χ3v) is 3.60. The molecule has 0 amide bonds. The van der Waals surface area contributed by atoms with Gasteiger partial charge in [-0.25, -0.2) is 4.39 Å². The summed E-state index contributed by atoms with van der Waals surface area (Å²) in [5.41, 5.74) is -0.975. The first-order valence-electron chi connectivity index (χ1n) is 6.00. The molecule has 0 aromatic heterocycles. The van der Waals surface area contributed by atoms with Crippen LogP contribution in [0.4, 0.5) is 10.1 Å². The molecule has 0 heterocycles. The minimum atomic E-state index is -1.26. The van der Waals surface area contributed by atoms with Crippen LogP contribution in [0.15, 0.2) is 42.5 Å². The average molecular weight is 305 g/mol. The predicted octanol–water partition coefficient (Wildman–Crippen LogP) is 4.22. The Bertz CT molecular complexity index is 740. The van der Waals surface area contributed by atoms with E-state index in [4.69, 9.17) is 11.6 Å². The van der Waals surface area contributed by atoms with Gasteiger partial charge < -0.3 is 0 Å². The van der Waals surface area contributed by atoms with Crippen molar-refractivity contribution in [2.24, 2.45) is 0 Å². The summed E-state index contributed by atoms with van der Waals surface area (Å²) < 4.78 is 14.2. The van der Waals surface area contributed by atoms with Crippen LogP contribution in [0.3, 0.4) is 0 Å². The van der Waals surface area contributed by atoms with Crippen LogP contribution in [0.1, 0.15) is 18.1 Å². The Morgan fingerprint density at radius 2 is 1.90 bits per heavy atom. The topological polar surface area (TPSA) is 66.9 Å². The number of nitro benzene ring substituents is 1. The summed E-state index contributed by atoms with van der Waals surface area (Å²) in [5, 5.41) is 20.6. The molecule has 21 heavy (non-hydrogen) atoms. The fourth-order valence-corrected chi connectivity index (χ4v) is 2.21. The quantitative estimate of drug-likeness (QED) is 0.630. The second kappa shape index (κ2) is 5.51. The van der Waals surface area contributed by atoms with E-state index in [-0.39, 0.29) is 11.3 Å². The van der Waals surface area contributed by atoms with E-state index < -0.39 is 16.2 Å². The number of halogens is 2. The fourth-order valence-electron chi connectivity index (χ4n) is 2.09. The van der Waals surface area contributed by atoms with Crippen LogP contribution in [0, 0.1) is 27.3 Å². The van der Waals surface area contributed by atoms with E-state index in [0.29, 0.717) is 10.6 Å². The van der Waals surface area contributed by atoms with Gasteiger partial charge in [-0.05, 0) is 30.7 Å². The summed E-state index contributed by atoms with van der Waals surface area (Å²) in [6.07, 6.45) is 0. The molecule has 0 bridgehead atoms. The number of benzene rings is 2. The second-order valence-electron chi connectivity index (χ2n) is 4.66. The van der Waals surface area contributed by atoms with Gasteiger partial charge in [0.25, 0.3) is 5.69 Å². The average Bonchev–Trinajstić information content (AvgIpc) is 2.47. The summed E-state index contributed by atoms with van der Waals surface area (Å²) >= 11 is 5.81. The first kappa shape index (κ1) is 14.9. The van der Waals surface area contributed by atoms with E-state index >= 15 is 0 Å². The van der Waals surface area contributed by atoms with E-state index in [1.807, 2.05) is 0 Å². The number of nitro groups is 1. The van der Waals surface area contributed by atoms with Crippen LogP contribution in [-0.2, 0) is 5.41 Å². The van der Waals surface area contributed by atoms with Crippen molar-refractivity contribution in [2.45, 2.75) is 12.3 Å². The molecule has 106 valence electrons. The first-order chi connectivity index (χ1) is 9.88. The predicted molar refractivity (Wildman–Crippen MR) is 76.6 cm³/mol. The summed E-state index contributed by atoms with van der Waals surface area (Å²) in [4.78, 5) is 9.97. The van der Waals surface area contributed by atoms with Crippen molar-refractivity contribution in [2.75, 3.05) is 0 Å². The Labute approximate surface area is 125 Å². The standard InChI is InChI=1S/C15H10ClFN2O2/c1-15(9-18,10-2-4-11(16)5-3-10)13-7-6-12(19(20)21)8-14(13)17/h2-8H,1H3. The molecule has 1 atom stereocenters. The SMILES string of the molecule is CC(C#N)(c1ccc(Cl)cc1)c1ccc([N+](=O)[O-])cc1F. The molecule has 0 radical (unpaired) electrons. The molecular weight excluding hydrogens is 295 g/mol. The van der Waals surface area contributed by atoms with Crippen molar-refractivity contribution in [1.82, 2.24) is 0 Å². The van der Waals surface area contributed by atoms with Gasteiger partial charge in [0.05, 0.1) is 17.1 Å². The van der Waals surface area contributed by atoms with E-state index in [1.165, 1.54) is 12.1 Å². The maximum absolute atomic E-state index is 14.2. The monoisotopic (exact) mass is 304 g/mol. The second-order valence-corrected chi connectivity index (χ2v) is 5.10. The van der Waals surface area contributed by atoms with Gasteiger partial charge in [0.2, 0.25) is 0 Å². The van der Waals surface area contributed by atoms with Gasteiger partial charge in [-0.3, -0.25) is 10.1 Å². The minimum absolute atomic E-state index is 0.0814. The summed E-state index contributed by atoms with van der Waals surface area (Å²) in [6.45, 7) is 1.56. The van der Waals surface area contributed by atoms with Crippen LogP contribution in [0.2, 0.25) is 5.02 Å².